The first-order valence-electron chi connectivity index (χ1n) is 16.4. The molecule has 1 rings (SSSR count). The minimum atomic E-state index is -4.38. The van der Waals surface area contributed by atoms with Crippen molar-refractivity contribution in [2.75, 3.05) is 60.2 Å². The number of likely N-dealkylation sites (tertiary alicyclic amines) is 1. The third kappa shape index (κ3) is 22.3. The number of likely N-dealkylation sites (N-methyl/N-ethyl adjacent to an activating group) is 1. The van der Waals surface area contributed by atoms with Gasteiger partial charge in [-0.1, -0.05) is 103 Å². The molecule has 0 spiro atoms. The van der Waals surface area contributed by atoms with Crippen LogP contribution in [0.2, 0.25) is 0 Å². The molecule has 0 aromatic heterocycles. The predicted molar refractivity (Wildman–Crippen MR) is 160 cm³/mol. The van der Waals surface area contributed by atoms with Gasteiger partial charge in [-0.3, -0.25) is 4.57 Å². The summed E-state index contributed by atoms with van der Waals surface area (Å²) in [6.07, 6.45) is 25.0. The zero-order valence-corrected chi connectivity index (χ0v) is 26.9. The lowest BCUT2D eigenvalue weighted by Crippen LogP contribution is -2.49. The molecule has 1 saturated heterocycles. The number of ether oxygens (including phenoxy) is 2. The van der Waals surface area contributed by atoms with Crippen molar-refractivity contribution in [2.45, 2.75) is 141 Å². The van der Waals surface area contributed by atoms with Crippen LogP contribution in [0.4, 0.5) is 0 Å². The Morgan fingerprint density at radius 3 is 1.77 bits per heavy atom. The highest BCUT2D eigenvalue weighted by Crippen LogP contribution is 2.40. The van der Waals surface area contributed by atoms with Gasteiger partial charge in [0.15, 0.2) is 0 Å². The maximum Gasteiger partial charge on any atom is 0.268 e. The molecule has 0 saturated carbocycles. The predicted octanol–water partition coefficient (Wildman–Crippen LogP) is 7.80. The molecular weight excluding hydrogens is 513 g/mol. The molecule has 0 radical (unpaired) electrons. The quantitative estimate of drug-likeness (QED) is 0.0536. The van der Waals surface area contributed by atoms with Crippen molar-refractivity contribution in [3.63, 3.8) is 0 Å². The van der Waals surface area contributed by atoms with Crippen LogP contribution in [0, 0.1) is 0 Å². The second-order valence-electron chi connectivity index (χ2n) is 12.0. The molecule has 234 valence electrons. The van der Waals surface area contributed by atoms with Gasteiger partial charge in [-0.25, -0.2) is 0 Å². The molecule has 8 heteroatoms. The first-order valence-corrected chi connectivity index (χ1v) is 17.9. The number of phosphoric ester groups is 1. The first kappa shape index (κ1) is 37.0. The van der Waals surface area contributed by atoms with E-state index in [1.165, 1.54) is 109 Å². The molecule has 0 bridgehead atoms. The highest BCUT2D eigenvalue weighted by molar-refractivity contribution is 7.45. The minimum Gasteiger partial charge on any atom is -0.756 e. The van der Waals surface area contributed by atoms with Gasteiger partial charge in [0.2, 0.25) is 0 Å². The Bertz CT molecular complexity index is 587. The molecule has 0 aliphatic carbocycles. The lowest BCUT2D eigenvalue weighted by molar-refractivity contribution is -0.914. The summed E-state index contributed by atoms with van der Waals surface area (Å²) in [6.45, 7) is 6.58. The van der Waals surface area contributed by atoms with E-state index >= 15 is 0 Å². The van der Waals surface area contributed by atoms with E-state index in [1.54, 1.807) is 7.11 Å². The topological polar surface area (TPSA) is 77.1 Å². The van der Waals surface area contributed by atoms with Crippen molar-refractivity contribution in [3.05, 3.63) is 0 Å². The third-order valence-corrected chi connectivity index (χ3v) is 9.20. The van der Waals surface area contributed by atoms with Crippen molar-refractivity contribution in [1.82, 2.24) is 0 Å². The van der Waals surface area contributed by atoms with Crippen LogP contribution in [-0.2, 0) is 23.1 Å². The molecule has 0 aromatic rings. The van der Waals surface area contributed by atoms with Crippen LogP contribution in [0.5, 0.6) is 0 Å². The van der Waals surface area contributed by atoms with Crippen molar-refractivity contribution in [3.8, 4) is 0 Å². The number of methoxy groups -OCH3 is 1. The lowest BCUT2D eigenvalue weighted by Gasteiger charge is -2.38. The lowest BCUT2D eigenvalue weighted by atomic mass is 10.0. The van der Waals surface area contributed by atoms with Crippen LogP contribution in [0.3, 0.4) is 0 Å². The fourth-order valence-corrected chi connectivity index (χ4v) is 6.37. The average molecular weight is 578 g/mol. The molecule has 7 nitrogen and oxygen atoms in total. The summed E-state index contributed by atoms with van der Waals surface area (Å²) in [5.41, 5.74) is 0. The minimum absolute atomic E-state index is 0.161. The number of rotatable bonds is 28. The number of hydrogen-bond acceptors (Lipinski definition) is 6. The third-order valence-electron chi connectivity index (χ3n) is 8.14. The van der Waals surface area contributed by atoms with E-state index in [0.717, 1.165) is 30.4 Å². The zero-order valence-electron chi connectivity index (χ0n) is 26.0. The van der Waals surface area contributed by atoms with Crippen molar-refractivity contribution >= 4 is 7.82 Å². The summed E-state index contributed by atoms with van der Waals surface area (Å²) in [4.78, 5) is 12.4. The smallest absolute Gasteiger partial charge is 0.268 e. The normalized spacial score (nSPS) is 17.7. The van der Waals surface area contributed by atoms with Gasteiger partial charge < -0.3 is 27.9 Å². The molecule has 1 aliphatic heterocycles. The molecule has 0 amide bonds. The van der Waals surface area contributed by atoms with Crippen LogP contribution in [-0.4, -0.2) is 70.8 Å². The molecule has 2 atom stereocenters. The van der Waals surface area contributed by atoms with E-state index < -0.39 is 13.9 Å². The standard InChI is InChI=1S/C31H64NO6P/c1-4-5-6-7-8-9-10-11-12-13-14-15-16-17-18-22-27-36-30-31(23-28-35-3)38-39(33,34)37-29-26-32(2)24-20-19-21-25-32/h31H,4-30H2,1-3H3. The molecule has 1 fully saturated rings. The Morgan fingerprint density at radius 1 is 0.744 bits per heavy atom. The Hall–Kier alpha value is -0.0100. The molecule has 2 unspecified atom stereocenters. The number of unbranched alkanes of at least 4 members (excludes halogenated alkanes) is 15. The highest BCUT2D eigenvalue weighted by atomic mass is 31.2. The molecule has 1 aliphatic rings. The van der Waals surface area contributed by atoms with Crippen LogP contribution < -0.4 is 4.89 Å². The van der Waals surface area contributed by atoms with Crippen LogP contribution in [0.15, 0.2) is 0 Å². The Kier molecular flexibility index (Phi) is 23.3. The van der Waals surface area contributed by atoms with Crippen LogP contribution in [0.1, 0.15) is 135 Å². The van der Waals surface area contributed by atoms with Crippen molar-refractivity contribution in [1.29, 1.82) is 0 Å². The van der Waals surface area contributed by atoms with Gasteiger partial charge in [-0.2, -0.15) is 0 Å². The van der Waals surface area contributed by atoms with Gasteiger partial charge in [0.05, 0.1) is 32.8 Å². The summed E-state index contributed by atoms with van der Waals surface area (Å²) in [5, 5.41) is 0. The van der Waals surface area contributed by atoms with Crippen LogP contribution in [0.25, 0.3) is 0 Å². The Labute approximate surface area is 241 Å². The molecule has 1 heterocycles. The zero-order chi connectivity index (χ0) is 28.5. The second kappa shape index (κ2) is 24.6. The number of phosphoric acid groups is 1. The highest BCUT2D eigenvalue weighted by Gasteiger charge is 2.26. The molecule has 0 aromatic carbocycles. The SMILES string of the molecule is CCCCCCCCCCCCCCCCCCOCC(CCOC)OP(=O)([O-])OCC[N+]1(C)CCCCC1. The monoisotopic (exact) mass is 577 g/mol. The van der Waals surface area contributed by atoms with Gasteiger partial charge in [0, 0.05) is 20.3 Å². The number of piperidine rings is 1. The van der Waals surface area contributed by atoms with Crippen molar-refractivity contribution < 1.29 is 32.5 Å². The maximum atomic E-state index is 12.4. The van der Waals surface area contributed by atoms with E-state index in [4.69, 9.17) is 18.5 Å². The van der Waals surface area contributed by atoms with Gasteiger partial charge in [-0.15, -0.1) is 0 Å². The van der Waals surface area contributed by atoms with Gasteiger partial charge >= 0.3 is 0 Å². The van der Waals surface area contributed by atoms with Gasteiger partial charge in [-0.05, 0) is 32.1 Å². The summed E-state index contributed by atoms with van der Waals surface area (Å²) < 4.78 is 34.8. The summed E-state index contributed by atoms with van der Waals surface area (Å²) in [7, 11) is -0.600. The van der Waals surface area contributed by atoms with Crippen LogP contribution >= 0.6 is 7.82 Å². The molecule has 0 N–H and O–H groups in total. The fraction of sp³-hybridized carbons (Fsp3) is 1.00. The Balaban J connectivity index is 2.02. The van der Waals surface area contributed by atoms with E-state index in [9.17, 15) is 9.46 Å². The van der Waals surface area contributed by atoms with E-state index in [0.29, 0.717) is 26.2 Å². The maximum absolute atomic E-state index is 12.4. The first-order chi connectivity index (χ1) is 18.9. The van der Waals surface area contributed by atoms with E-state index in [1.807, 2.05) is 0 Å². The van der Waals surface area contributed by atoms with Gasteiger partial charge in [0.25, 0.3) is 7.82 Å². The number of quaternary nitrogens is 1. The average Bonchev–Trinajstić information content (AvgIpc) is 2.91. The summed E-state index contributed by atoms with van der Waals surface area (Å²) in [5.74, 6) is 0. The number of nitrogens with zero attached hydrogens (tertiary/aromatic N) is 1. The fourth-order valence-electron chi connectivity index (χ4n) is 5.47. The molecule has 39 heavy (non-hydrogen) atoms. The second-order valence-corrected chi connectivity index (χ2v) is 13.4. The largest absolute Gasteiger partial charge is 0.756 e. The van der Waals surface area contributed by atoms with Crippen molar-refractivity contribution in [2.24, 2.45) is 0 Å². The van der Waals surface area contributed by atoms with Gasteiger partial charge in [0.1, 0.15) is 13.2 Å². The molecular formula is C31H64NO6P. The number of hydrogen-bond donors (Lipinski definition) is 0. The summed E-state index contributed by atoms with van der Waals surface area (Å²) >= 11 is 0. The Morgan fingerprint density at radius 2 is 1.26 bits per heavy atom. The van der Waals surface area contributed by atoms with E-state index in [2.05, 4.69) is 14.0 Å². The summed E-state index contributed by atoms with van der Waals surface area (Å²) in [6, 6.07) is 0. The van der Waals surface area contributed by atoms with E-state index in [-0.39, 0.29) is 13.2 Å².